The first kappa shape index (κ1) is 11.4. The molecule has 1 saturated heterocycles. The van der Waals surface area contributed by atoms with Gasteiger partial charge in [-0.3, -0.25) is 0 Å². The Morgan fingerprint density at radius 1 is 1.07 bits per heavy atom. The number of aliphatic hydroxyl groups is 1. The highest BCUT2D eigenvalue weighted by Gasteiger charge is 2.28. The maximum Gasteiger partial charge on any atom is 0.0555 e. The van der Waals surface area contributed by atoms with Crippen molar-refractivity contribution >= 4 is 0 Å². The number of hydrogen-bond donors (Lipinski definition) is 1. The highest BCUT2D eigenvalue weighted by molar-refractivity contribution is 4.83. The zero-order chi connectivity index (χ0) is 10.7. The van der Waals surface area contributed by atoms with Crippen LogP contribution in [0.1, 0.15) is 38.5 Å². The number of hydrogen-bond acceptors (Lipinski definition) is 3. The van der Waals surface area contributed by atoms with Crippen LogP contribution in [-0.4, -0.2) is 48.5 Å². The third kappa shape index (κ3) is 2.92. The molecule has 3 heteroatoms. The predicted octanol–water partition coefficient (Wildman–Crippen LogP) is 1.40. The van der Waals surface area contributed by atoms with Crippen molar-refractivity contribution in [2.24, 2.45) is 0 Å². The van der Waals surface area contributed by atoms with E-state index in [1.165, 1.54) is 12.8 Å². The minimum absolute atomic E-state index is 0.0639. The summed E-state index contributed by atoms with van der Waals surface area (Å²) in [5.74, 6) is 0. The molecule has 0 aromatic carbocycles. The molecule has 0 spiro atoms. The van der Waals surface area contributed by atoms with Gasteiger partial charge in [-0.25, -0.2) is 0 Å². The molecule has 15 heavy (non-hydrogen) atoms. The fraction of sp³-hybridized carbons (Fsp3) is 1.00. The van der Waals surface area contributed by atoms with Crippen molar-refractivity contribution in [1.29, 1.82) is 0 Å². The van der Waals surface area contributed by atoms with Crippen molar-refractivity contribution in [3.8, 4) is 0 Å². The van der Waals surface area contributed by atoms with E-state index in [0.717, 1.165) is 38.9 Å². The second kappa shape index (κ2) is 5.28. The van der Waals surface area contributed by atoms with Gasteiger partial charge in [-0.05, 0) is 45.6 Å². The number of ether oxygens (including phenoxy) is 1. The summed E-state index contributed by atoms with van der Waals surface area (Å²) in [4.78, 5) is 2.49. The SMILES string of the molecule is CN(C1CCOCC1)C1CCCC(O)C1. The summed E-state index contributed by atoms with van der Waals surface area (Å²) < 4.78 is 5.38. The van der Waals surface area contributed by atoms with Crippen LogP contribution in [0.3, 0.4) is 0 Å². The number of rotatable bonds is 2. The average Bonchev–Trinajstić information content (AvgIpc) is 2.29. The van der Waals surface area contributed by atoms with Gasteiger partial charge >= 0.3 is 0 Å². The summed E-state index contributed by atoms with van der Waals surface area (Å²) in [6.07, 6.45) is 6.65. The van der Waals surface area contributed by atoms with Crippen LogP contribution in [0.25, 0.3) is 0 Å². The van der Waals surface area contributed by atoms with E-state index >= 15 is 0 Å². The van der Waals surface area contributed by atoms with Gasteiger partial charge in [0, 0.05) is 25.3 Å². The zero-order valence-electron chi connectivity index (χ0n) is 9.69. The van der Waals surface area contributed by atoms with Crippen molar-refractivity contribution in [1.82, 2.24) is 4.90 Å². The van der Waals surface area contributed by atoms with E-state index in [9.17, 15) is 5.11 Å². The molecule has 2 atom stereocenters. The molecule has 0 radical (unpaired) electrons. The van der Waals surface area contributed by atoms with Gasteiger partial charge in [0.2, 0.25) is 0 Å². The summed E-state index contributed by atoms with van der Waals surface area (Å²) in [5.41, 5.74) is 0. The van der Waals surface area contributed by atoms with Crippen LogP contribution in [0, 0.1) is 0 Å². The smallest absolute Gasteiger partial charge is 0.0555 e. The monoisotopic (exact) mass is 213 g/mol. The van der Waals surface area contributed by atoms with Crippen LogP contribution in [0.4, 0.5) is 0 Å². The maximum atomic E-state index is 9.68. The van der Waals surface area contributed by atoms with Crippen molar-refractivity contribution in [3.05, 3.63) is 0 Å². The normalized spacial score (nSPS) is 34.6. The molecule has 1 heterocycles. The Hall–Kier alpha value is -0.120. The summed E-state index contributed by atoms with van der Waals surface area (Å²) in [6.45, 7) is 1.81. The van der Waals surface area contributed by atoms with Crippen molar-refractivity contribution in [2.45, 2.75) is 56.7 Å². The minimum atomic E-state index is -0.0639. The Balaban J connectivity index is 1.85. The standard InChI is InChI=1S/C12H23NO2/c1-13(10-5-7-15-8-6-10)11-3-2-4-12(14)9-11/h10-12,14H,2-9H2,1H3. The van der Waals surface area contributed by atoms with E-state index < -0.39 is 0 Å². The Bertz CT molecular complexity index is 192. The van der Waals surface area contributed by atoms with Gasteiger partial charge in [0.15, 0.2) is 0 Å². The van der Waals surface area contributed by atoms with Gasteiger partial charge in [0.05, 0.1) is 6.10 Å². The molecule has 2 fully saturated rings. The molecular weight excluding hydrogens is 190 g/mol. The quantitative estimate of drug-likeness (QED) is 0.752. The second-order valence-corrected chi connectivity index (χ2v) is 4.98. The van der Waals surface area contributed by atoms with E-state index in [1.807, 2.05) is 0 Å². The van der Waals surface area contributed by atoms with Crippen LogP contribution >= 0.6 is 0 Å². The lowest BCUT2D eigenvalue weighted by Crippen LogP contribution is -2.45. The molecule has 2 rings (SSSR count). The lowest BCUT2D eigenvalue weighted by Gasteiger charge is -2.40. The minimum Gasteiger partial charge on any atom is -0.393 e. The van der Waals surface area contributed by atoms with E-state index in [0.29, 0.717) is 12.1 Å². The Kier molecular flexibility index (Phi) is 4.00. The fourth-order valence-corrected chi connectivity index (χ4v) is 2.90. The topological polar surface area (TPSA) is 32.7 Å². The van der Waals surface area contributed by atoms with Gasteiger partial charge in [0.1, 0.15) is 0 Å². The van der Waals surface area contributed by atoms with Crippen LogP contribution in [0.5, 0.6) is 0 Å². The molecule has 88 valence electrons. The molecule has 0 aromatic heterocycles. The van der Waals surface area contributed by atoms with Crippen molar-refractivity contribution in [2.75, 3.05) is 20.3 Å². The molecule has 1 saturated carbocycles. The number of nitrogens with zero attached hydrogens (tertiary/aromatic N) is 1. The van der Waals surface area contributed by atoms with E-state index in [-0.39, 0.29) is 6.10 Å². The van der Waals surface area contributed by atoms with E-state index in [4.69, 9.17) is 4.74 Å². The summed E-state index contributed by atoms with van der Waals surface area (Å²) in [5, 5.41) is 9.68. The van der Waals surface area contributed by atoms with E-state index in [1.54, 1.807) is 0 Å². The maximum absolute atomic E-state index is 9.68. The van der Waals surface area contributed by atoms with Gasteiger partial charge < -0.3 is 14.7 Å². The molecule has 3 nitrogen and oxygen atoms in total. The van der Waals surface area contributed by atoms with Gasteiger partial charge in [-0.2, -0.15) is 0 Å². The highest BCUT2D eigenvalue weighted by atomic mass is 16.5. The van der Waals surface area contributed by atoms with Crippen LogP contribution in [-0.2, 0) is 4.74 Å². The molecule has 2 aliphatic rings. The van der Waals surface area contributed by atoms with Gasteiger partial charge in [-0.15, -0.1) is 0 Å². The third-order valence-corrected chi connectivity index (χ3v) is 3.96. The molecule has 0 bridgehead atoms. The fourth-order valence-electron chi connectivity index (χ4n) is 2.90. The Morgan fingerprint density at radius 3 is 2.47 bits per heavy atom. The predicted molar refractivity (Wildman–Crippen MR) is 59.9 cm³/mol. The Labute approximate surface area is 92.4 Å². The second-order valence-electron chi connectivity index (χ2n) is 4.98. The average molecular weight is 213 g/mol. The lowest BCUT2D eigenvalue weighted by molar-refractivity contribution is 0.00453. The van der Waals surface area contributed by atoms with Crippen molar-refractivity contribution in [3.63, 3.8) is 0 Å². The molecule has 2 unspecified atom stereocenters. The van der Waals surface area contributed by atoms with Gasteiger partial charge in [-0.1, -0.05) is 0 Å². The third-order valence-electron chi connectivity index (χ3n) is 3.96. The summed E-state index contributed by atoms with van der Waals surface area (Å²) >= 11 is 0. The molecule has 0 aromatic rings. The molecule has 0 amide bonds. The Morgan fingerprint density at radius 2 is 1.80 bits per heavy atom. The lowest BCUT2D eigenvalue weighted by atomic mass is 9.90. The van der Waals surface area contributed by atoms with E-state index in [2.05, 4.69) is 11.9 Å². The highest BCUT2D eigenvalue weighted by Crippen LogP contribution is 2.26. The van der Waals surface area contributed by atoms with Crippen LogP contribution < -0.4 is 0 Å². The van der Waals surface area contributed by atoms with Crippen LogP contribution in [0.2, 0.25) is 0 Å². The summed E-state index contributed by atoms with van der Waals surface area (Å²) in [7, 11) is 2.22. The first-order valence-corrected chi connectivity index (χ1v) is 6.25. The molecule has 1 N–H and O–H groups in total. The number of aliphatic hydroxyl groups excluding tert-OH is 1. The summed E-state index contributed by atoms with van der Waals surface area (Å²) in [6, 6.07) is 1.27. The zero-order valence-corrected chi connectivity index (χ0v) is 9.69. The van der Waals surface area contributed by atoms with Crippen LogP contribution in [0.15, 0.2) is 0 Å². The largest absolute Gasteiger partial charge is 0.393 e. The van der Waals surface area contributed by atoms with Crippen molar-refractivity contribution < 1.29 is 9.84 Å². The van der Waals surface area contributed by atoms with Gasteiger partial charge in [0.25, 0.3) is 0 Å². The molecular formula is C12H23NO2. The first-order chi connectivity index (χ1) is 7.27. The first-order valence-electron chi connectivity index (χ1n) is 6.25. The molecule has 1 aliphatic heterocycles. The molecule has 1 aliphatic carbocycles.